The van der Waals surface area contributed by atoms with Gasteiger partial charge in [0.05, 0.1) is 0 Å². The number of carboxylic acid groups (broad SMARTS) is 1. The summed E-state index contributed by atoms with van der Waals surface area (Å²) in [5.41, 5.74) is 1.84. The van der Waals surface area contributed by atoms with E-state index in [1.165, 1.54) is 0 Å². The number of rotatable bonds is 3. The van der Waals surface area contributed by atoms with Gasteiger partial charge >= 0.3 is 5.97 Å². The minimum atomic E-state index is -0.832. The number of halogens is 1. The predicted molar refractivity (Wildman–Crippen MR) is 62.9 cm³/mol. The lowest BCUT2D eigenvalue weighted by atomic mass is 10.0. The van der Waals surface area contributed by atoms with E-state index in [0.717, 1.165) is 15.6 Å². The summed E-state index contributed by atoms with van der Waals surface area (Å²) in [6.07, 6.45) is 0. The number of hydrogen-bond acceptors (Lipinski definition) is 2. The minimum absolute atomic E-state index is 0.586. The fourth-order valence-electron chi connectivity index (χ4n) is 1.50. The standard InChI is InChI=1S/C11H14BrNO2/c1-7-6-8(4-5-9(7)12)10(11(14)15)13(2)3/h4-6,10H,1-3H3,(H,14,15). The summed E-state index contributed by atoms with van der Waals surface area (Å²) in [5.74, 6) is -0.832. The third kappa shape index (κ3) is 2.79. The zero-order valence-electron chi connectivity index (χ0n) is 8.99. The van der Waals surface area contributed by atoms with Crippen molar-refractivity contribution in [1.29, 1.82) is 0 Å². The lowest BCUT2D eigenvalue weighted by Gasteiger charge is -2.20. The number of aliphatic carboxylic acids is 1. The van der Waals surface area contributed by atoms with Crippen LogP contribution < -0.4 is 0 Å². The van der Waals surface area contributed by atoms with Gasteiger partial charge in [0.2, 0.25) is 0 Å². The van der Waals surface area contributed by atoms with Crippen LogP contribution in [0, 0.1) is 6.92 Å². The molecule has 1 rings (SSSR count). The molecular formula is C11H14BrNO2. The topological polar surface area (TPSA) is 40.5 Å². The number of likely N-dealkylation sites (N-methyl/N-ethyl adjacent to an activating group) is 1. The first-order valence-electron chi connectivity index (χ1n) is 4.58. The van der Waals surface area contributed by atoms with Crippen LogP contribution in [0.15, 0.2) is 22.7 Å². The van der Waals surface area contributed by atoms with Gasteiger partial charge in [-0.3, -0.25) is 9.69 Å². The summed E-state index contributed by atoms with van der Waals surface area (Å²) >= 11 is 3.39. The summed E-state index contributed by atoms with van der Waals surface area (Å²) in [6.45, 7) is 1.95. The Morgan fingerprint density at radius 3 is 2.47 bits per heavy atom. The van der Waals surface area contributed by atoms with Gasteiger partial charge in [0, 0.05) is 4.47 Å². The van der Waals surface area contributed by atoms with Crippen molar-refractivity contribution >= 4 is 21.9 Å². The van der Waals surface area contributed by atoms with E-state index in [4.69, 9.17) is 5.11 Å². The van der Waals surface area contributed by atoms with Crippen LogP contribution in [0.5, 0.6) is 0 Å². The molecule has 0 aliphatic rings. The van der Waals surface area contributed by atoms with Crippen molar-refractivity contribution in [3.63, 3.8) is 0 Å². The molecule has 0 bridgehead atoms. The van der Waals surface area contributed by atoms with Crippen LogP contribution >= 0.6 is 15.9 Å². The zero-order chi connectivity index (χ0) is 11.6. The second kappa shape index (κ2) is 4.77. The van der Waals surface area contributed by atoms with Crippen LogP contribution in [-0.2, 0) is 4.79 Å². The smallest absolute Gasteiger partial charge is 0.325 e. The third-order valence-electron chi connectivity index (χ3n) is 2.25. The monoisotopic (exact) mass is 271 g/mol. The SMILES string of the molecule is Cc1cc(C(C(=O)O)N(C)C)ccc1Br. The normalized spacial score (nSPS) is 12.9. The molecule has 0 saturated carbocycles. The maximum Gasteiger partial charge on any atom is 0.325 e. The molecule has 4 heteroatoms. The van der Waals surface area contributed by atoms with Gasteiger partial charge in [-0.25, -0.2) is 0 Å². The zero-order valence-corrected chi connectivity index (χ0v) is 10.6. The average molecular weight is 272 g/mol. The van der Waals surface area contributed by atoms with Crippen LogP contribution in [0.25, 0.3) is 0 Å². The molecule has 1 atom stereocenters. The summed E-state index contributed by atoms with van der Waals surface area (Å²) in [7, 11) is 3.52. The van der Waals surface area contributed by atoms with Gasteiger partial charge in [-0.1, -0.05) is 28.1 Å². The minimum Gasteiger partial charge on any atom is -0.480 e. The van der Waals surface area contributed by atoms with Crippen molar-refractivity contribution in [3.05, 3.63) is 33.8 Å². The number of benzene rings is 1. The molecule has 1 aromatic carbocycles. The molecule has 0 spiro atoms. The highest BCUT2D eigenvalue weighted by molar-refractivity contribution is 9.10. The summed E-state index contributed by atoms with van der Waals surface area (Å²) in [5, 5.41) is 9.10. The van der Waals surface area contributed by atoms with Crippen LogP contribution in [-0.4, -0.2) is 30.1 Å². The highest BCUT2D eigenvalue weighted by Gasteiger charge is 2.22. The van der Waals surface area contributed by atoms with Crippen LogP contribution in [0.2, 0.25) is 0 Å². The number of nitrogens with zero attached hydrogens (tertiary/aromatic N) is 1. The Kier molecular flexibility index (Phi) is 3.88. The van der Waals surface area contributed by atoms with Crippen LogP contribution in [0.1, 0.15) is 17.2 Å². The summed E-state index contributed by atoms with van der Waals surface area (Å²) in [4.78, 5) is 12.8. The van der Waals surface area contributed by atoms with Crippen molar-refractivity contribution in [3.8, 4) is 0 Å². The molecule has 0 aliphatic heterocycles. The van der Waals surface area contributed by atoms with Crippen molar-refractivity contribution in [2.75, 3.05) is 14.1 Å². The average Bonchev–Trinajstić information content (AvgIpc) is 2.10. The number of carboxylic acids is 1. The van der Waals surface area contributed by atoms with E-state index < -0.39 is 12.0 Å². The van der Waals surface area contributed by atoms with E-state index in [-0.39, 0.29) is 0 Å². The molecule has 1 aromatic rings. The quantitative estimate of drug-likeness (QED) is 0.918. The highest BCUT2D eigenvalue weighted by Crippen LogP contribution is 2.24. The molecule has 0 fully saturated rings. The van der Waals surface area contributed by atoms with Crippen LogP contribution in [0.4, 0.5) is 0 Å². The Hall–Kier alpha value is -0.870. The fourth-order valence-corrected chi connectivity index (χ4v) is 1.75. The van der Waals surface area contributed by atoms with Gasteiger partial charge in [0.25, 0.3) is 0 Å². The third-order valence-corrected chi connectivity index (χ3v) is 3.14. The second-order valence-corrected chi connectivity index (χ2v) is 4.57. The van der Waals surface area contributed by atoms with Gasteiger partial charge in [0.15, 0.2) is 0 Å². The lowest BCUT2D eigenvalue weighted by molar-refractivity contribution is -0.142. The Morgan fingerprint density at radius 1 is 1.47 bits per heavy atom. The Bertz CT molecular complexity index is 377. The van der Waals surface area contributed by atoms with Gasteiger partial charge < -0.3 is 5.11 Å². The Labute approximate surface area is 97.8 Å². The van der Waals surface area contributed by atoms with E-state index in [1.54, 1.807) is 19.0 Å². The summed E-state index contributed by atoms with van der Waals surface area (Å²) in [6, 6.07) is 5.01. The van der Waals surface area contributed by atoms with Crippen molar-refractivity contribution in [2.45, 2.75) is 13.0 Å². The second-order valence-electron chi connectivity index (χ2n) is 3.71. The molecule has 0 heterocycles. The number of aryl methyl sites for hydroxylation is 1. The van der Waals surface area contributed by atoms with Gasteiger partial charge in [0.1, 0.15) is 6.04 Å². The lowest BCUT2D eigenvalue weighted by Crippen LogP contribution is -2.27. The maximum absolute atomic E-state index is 11.1. The molecule has 0 aromatic heterocycles. The molecule has 15 heavy (non-hydrogen) atoms. The molecule has 1 unspecified atom stereocenters. The van der Waals surface area contributed by atoms with Crippen molar-refractivity contribution in [1.82, 2.24) is 4.90 Å². The van der Waals surface area contributed by atoms with Gasteiger partial charge in [-0.05, 0) is 38.2 Å². The first kappa shape index (κ1) is 12.2. The molecule has 0 saturated heterocycles. The van der Waals surface area contributed by atoms with Crippen molar-refractivity contribution < 1.29 is 9.90 Å². The first-order chi connectivity index (χ1) is 6.93. The number of hydrogen-bond donors (Lipinski definition) is 1. The molecule has 1 N–H and O–H groups in total. The summed E-state index contributed by atoms with van der Waals surface area (Å²) < 4.78 is 0.995. The Balaban J connectivity index is 3.12. The fraction of sp³-hybridized carbons (Fsp3) is 0.364. The van der Waals surface area contributed by atoms with E-state index in [9.17, 15) is 4.79 Å². The number of carbonyl (C=O) groups is 1. The Morgan fingerprint density at radius 2 is 2.07 bits per heavy atom. The maximum atomic E-state index is 11.1. The van der Waals surface area contributed by atoms with E-state index in [2.05, 4.69) is 15.9 Å². The highest BCUT2D eigenvalue weighted by atomic mass is 79.9. The molecular weight excluding hydrogens is 258 g/mol. The first-order valence-corrected chi connectivity index (χ1v) is 5.38. The van der Waals surface area contributed by atoms with Gasteiger partial charge in [-0.15, -0.1) is 0 Å². The largest absolute Gasteiger partial charge is 0.480 e. The predicted octanol–water partition coefficient (Wildman–Crippen LogP) is 2.44. The van der Waals surface area contributed by atoms with Crippen molar-refractivity contribution in [2.24, 2.45) is 0 Å². The molecule has 3 nitrogen and oxygen atoms in total. The van der Waals surface area contributed by atoms with E-state index in [0.29, 0.717) is 0 Å². The van der Waals surface area contributed by atoms with Gasteiger partial charge in [-0.2, -0.15) is 0 Å². The molecule has 0 amide bonds. The molecule has 82 valence electrons. The van der Waals surface area contributed by atoms with Crippen LogP contribution in [0.3, 0.4) is 0 Å². The van der Waals surface area contributed by atoms with E-state index in [1.807, 2.05) is 25.1 Å². The van der Waals surface area contributed by atoms with E-state index >= 15 is 0 Å². The molecule has 0 aliphatic carbocycles. The molecule has 0 radical (unpaired) electrons.